The highest BCUT2D eigenvalue weighted by Gasteiger charge is 2.61. The van der Waals surface area contributed by atoms with Crippen LogP contribution in [-0.2, 0) is 19.2 Å². The molecule has 2 aliphatic rings. The summed E-state index contributed by atoms with van der Waals surface area (Å²) in [6.07, 6.45) is 0.430. The van der Waals surface area contributed by atoms with E-state index in [-0.39, 0.29) is 10.6 Å². The van der Waals surface area contributed by atoms with Crippen molar-refractivity contribution in [3.8, 4) is 0 Å². The fraction of sp³-hybridized carbons (Fsp3) is 0.261. The number of esters is 1. The van der Waals surface area contributed by atoms with Crippen molar-refractivity contribution in [1.82, 2.24) is 0 Å². The average Bonchev–Trinajstić information content (AvgIpc) is 3.55. The molecular formula is C23H19ClN2O6S. The van der Waals surface area contributed by atoms with Crippen molar-refractivity contribution in [3.63, 3.8) is 0 Å². The van der Waals surface area contributed by atoms with E-state index in [2.05, 4.69) is 0 Å². The molecule has 0 aliphatic carbocycles. The van der Waals surface area contributed by atoms with Crippen LogP contribution in [0.4, 0.5) is 10.7 Å². The zero-order valence-corrected chi connectivity index (χ0v) is 19.5. The van der Waals surface area contributed by atoms with E-state index < -0.39 is 35.8 Å². The first kappa shape index (κ1) is 21.7. The van der Waals surface area contributed by atoms with Crippen molar-refractivity contribution in [2.75, 3.05) is 17.1 Å². The number of hydroxylamine groups is 1. The van der Waals surface area contributed by atoms with Gasteiger partial charge >= 0.3 is 5.97 Å². The molecule has 2 saturated heterocycles. The molecule has 10 heteroatoms. The lowest BCUT2D eigenvalue weighted by Crippen LogP contribution is -2.37. The van der Waals surface area contributed by atoms with Gasteiger partial charge in [-0.15, -0.1) is 11.3 Å². The summed E-state index contributed by atoms with van der Waals surface area (Å²) in [5.74, 6) is -1.99. The van der Waals surface area contributed by atoms with Crippen LogP contribution in [0, 0.1) is 19.8 Å². The molecule has 2 amide bonds. The molecule has 0 saturated carbocycles. The van der Waals surface area contributed by atoms with E-state index in [0.717, 1.165) is 9.78 Å². The van der Waals surface area contributed by atoms with Crippen molar-refractivity contribution in [2.45, 2.75) is 26.0 Å². The quantitative estimate of drug-likeness (QED) is 0.397. The Balaban J connectivity index is 1.59. The van der Waals surface area contributed by atoms with Gasteiger partial charge in [-0.3, -0.25) is 14.4 Å². The van der Waals surface area contributed by atoms with E-state index in [1.54, 1.807) is 43.3 Å². The van der Waals surface area contributed by atoms with Crippen molar-refractivity contribution in [1.29, 1.82) is 0 Å². The second kappa shape index (κ2) is 8.02. The van der Waals surface area contributed by atoms with E-state index in [1.165, 1.54) is 29.8 Å². The van der Waals surface area contributed by atoms with Gasteiger partial charge in [-0.25, -0.2) is 14.8 Å². The van der Waals surface area contributed by atoms with E-state index in [1.807, 2.05) is 6.92 Å². The molecular weight excluding hydrogens is 468 g/mol. The maximum atomic E-state index is 13.7. The average molecular weight is 487 g/mol. The van der Waals surface area contributed by atoms with Crippen LogP contribution in [0.1, 0.15) is 32.6 Å². The maximum Gasteiger partial charge on any atom is 0.341 e. The maximum absolute atomic E-state index is 13.7. The summed E-state index contributed by atoms with van der Waals surface area (Å²) in [5.41, 5.74) is 1.51. The SMILES string of the molecule is COC(=O)c1c(N2C(=O)[C@@H]3[C@@H](c4ccco4)N(c4ccc(Cl)cc4)O[C@H]3C2=O)sc(C)c1C. The molecule has 0 N–H and O–H groups in total. The predicted octanol–water partition coefficient (Wildman–Crippen LogP) is 4.45. The third-order valence-corrected chi connectivity index (χ3v) is 7.43. The van der Waals surface area contributed by atoms with Crippen molar-refractivity contribution in [3.05, 3.63) is 69.4 Å². The van der Waals surface area contributed by atoms with Crippen molar-refractivity contribution >= 4 is 51.4 Å². The molecule has 3 atom stereocenters. The van der Waals surface area contributed by atoms with Gasteiger partial charge in [-0.1, -0.05) is 11.6 Å². The zero-order chi connectivity index (χ0) is 23.4. The van der Waals surface area contributed by atoms with Gasteiger partial charge in [0.15, 0.2) is 6.10 Å². The van der Waals surface area contributed by atoms with E-state index in [9.17, 15) is 14.4 Å². The standard InChI is InChI=1S/C23H19ClN2O6S/c1-11-12(2)33-22(16(11)23(29)30-3)25-20(27)17-18(15-5-4-10-31-15)26(32-19(17)21(25)28)14-8-6-13(24)7-9-14/h4-10,17-19H,1-3H3/t17-,18-,19-/m1/s1. The number of furan rings is 1. The second-order valence-electron chi connectivity index (χ2n) is 7.78. The topological polar surface area (TPSA) is 89.3 Å². The van der Waals surface area contributed by atoms with Gasteiger partial charge in [0.25, 0.3) is 5.91 Å². The summed E-state index contributed by atoms with van der Waals surface area (Å²) < 4.78 is 10.5. The highest BCUT2D eigenvalue weighted by atomic mass is 35.5. The van der Waals surface area contributed by atoms with Crippen LogP contribution in [0.3, 0.4) is 0 Å². The lowest BCUT2D eigenvalue weighted by Gasteiger charge is -2.27. The number of amides is 2. The Morgan fingerprint density at radius 1 is 1.12 bits per heavy atom. The third kappa shape index (κ3) is 3.26. The molecule has 0 bridgehead atoms. The molecule has 0 spiro atoms. The minimum Gasteiger partial charge on any atom is -0.467 e. The van der Waals surface area contributed by atoms with Gasteiger partial charge in [-0.2, -0.15) is 0 Å². The van der Waals surface area contributed by atoms with E-state index in [0.29, 0.717) is 22.0 Å². The van der Waals surface area contributed by atoms with Crippen LogP contribution in [0.15, 0.2) is 47.1 Å². The van der Waals surface area contributed by atoms with Crippen molar-refractivity contribution in [2.24, 2.45) is 5.92 Å². The van der Waals surface area contributed by atoms with Gasteiger partial charge in [0.1, 0.15) is 22.7 Å². The minimum absolute atomic E-state index is 0.214. The molecule has 170 valence electrons. The summed E-state index contributed by atoms with van der Waals surface area (Å²) >= 11 is 7.22. The molecule has 4 heterocycles. The van der Waals surface area contributed by atoms with Gasteiger partial charge in [0.2, 0.25) is 5.91 Å². The molecule has 5 rings (SSSR count). The lowest BCUT2D eigenvalue weighted by molar-refractivity contribution is -0.126. The summed E-state index contributed by atoms with van der Waals surface area (Å²) in [6, 6.07) is 9.65. The fourth-order valence-corrected chi connectivity index (χ4v) is 5.56. The molecule has 2 fully saturated rings. The summed E-state index contributed by atoms with van der Waals surface area (Å²) in [7, 11) is 1.26. The number of thiophene rings is 1. The number of nitrogens with zero attached hydrogens (tertiary/aromatic N) is 2. The number of ether oxygens (including phenoxy) is 1. The van der Waals surface area contributed by atoms with E-state index >= 15 is 0 Å². The van der Waals surface area contributed by atoms with Gasteiger partial charge in [-0.05, 0) is 55.8 Å². The Hall–Kier alpha value is -3.14. The highest BCUT2D eigenvalue weighted by molar-refractivity contribution is 7.17. The first-order valence-electron chi connectivity index (χ1n) is 10.1. The van der Waals surface area contributed by atoms with Crippen LogP contribution in [-0.4, -0.2) is 31.0 Å². The Kier molecular flexibility index (Phi) is 5.27. The molecule has 0 radical (unpaired) electrons. The van der Waals surface area contributed by atoms with Crippen LogP contribution < -0.4 is 9.96 Å². The minimum atomic E-state index is -1.07. The summed E-state index contributed by atoms with van der Waals surface area (Å²) in [6.45, 7) is 3.59. The molecule has 2 aromatic heterocycles. The second-order valence-corrected chi connectivity index (χ2v) is 9.42. The number of imide groups is 1. The van der Waals surface area contributed by atoms with Gasteiger partial charge in [0, 0.05) is 9.90 Å². The number of benzene rings is 1. The Morgan fingerprint density at radius 3 is 2.48 bits per heavy atom. The number of methoxy groups -OCH3 is 1. The number of hydrogen-bond donors (Lipinski definition) is 0. The first-order valence-corrected chi connectivity index (χ1v) is 11.3. The number of halogens is 1. The number of carbonyl (C=O) groups is 3. The fourth-order valence-electron chi connectivity index (χ4n) is 4.28. The molecule has 0 unspecified atom stereocenters. The molecule has 33 heavy (non-hydrogen) atoms. The Morgan fingerprint density at radius 2 is 1.85 bits per heavy atom. The van der Waals surface area contributed by atoms with Gasteiger partial charge in [0.05, 0.1) is 24.6 Å². The number of anilines is 2. The Labute approximate surface area is 198 Å². The normalized spacial score (nSPS) is 22.2. The monoisotopic (exact) mass is 486 g/mol. The molecule has 3 aromatic rings. The smallest absolute Gasteiger partial charge is 0.341 e. The van der Waals surface area contributed by atoms with E-state index in [4.69, 9.17) is 25.6 Å². The Bertz CT molecular complexity index is 1250. The van der Waals surface area contributed by atoms with Crippen LogP contribution in [0.25, 0.3) is 0 Å². The molecule has 8 nitrogen and oxygen atoms in total. The third-order valence-electron chi connectivity index (χ3n) is 5.99. The number of carbonyl (C=O) groups excluding carboxylic acids is 3. The zero-order valence-electron chi connectivity index (χ0n) is 17.9. The number of rotatable bonds is 4. The summed E-state index contributed by atoms with van der Waals surface area (Å²) in [4.78, 5) is 47.6. The molecule has 2 aliphatic heterocycles. The van der Waals surface area contributed by atoms with Gasteiger partial charge < -0.3 is 9.15 Å². The predicted molar refractivity (Wildman–Crippen MR) is 121 cm³/mol. The van der Waals surface area contributed by atoms with Crippen LogP contribution in [0.2, 0.25) is 5.02 Å². The summed E-state index contributed by atoms with van der Waals surface area (Å²) in [5, 5.41) is 2.31. The number of aryl methyl sites for hydroxylation is 1. The largest absolute Gasteiger partial charge is 0.467 e. The van der Waals surface area contributed by atoms with Crippen LogP contribution in [0.5, 0.6) is 0 Å². The van der Waals surface area contributed by atoms with Crippen molar-refractivity contribution < 1.29 is 28.4 Å². The lowest BCUT2D eigenvalue weighted by atomic mass is 9.94. The van der Waals surface area contributed by atoms with Crippen LogP contribution >= 0.6 is 22.9 Å². The highest BCUT2D eigenvalue weighted by Crippen LogP contribution is 2.49. The molecule has 1 aromatic carbocycles. The first-order chi connectivity index (χ1) is 15.8. The number of fused-ring (bicyclic) bond motifs is 1. The number of hydrogen-bond acceptors (Lipinski definition) is 8.